The molecular weight excluding hydrogens is 567 g/mol. The lowest BCUT2D eigenvalue weighted by Gasteiger charge is -2.34. The minimum Gasteiger partial charge on any atom is -0.494 e. The molecule has 5 N–H and O–H groups in total. The highest BCUT2D eigenvalue weighted by Gasteiger charge is 2.52. The molecule has 0 fully saturated rings. The predicted octanol–water partition coefficient (Wildman–Crippen LogP) is 4.86. The summed E-state index contributed by atoms with van der Waals surface area (Å²) < 4.78 is 51.5. The first kappa shape index (κ1) is 30.6. The van der Waals surface area contributed by atoms with Gasteiger partial charge in [0.05, 0.1) is 6.61 Å². The second-order valence-corrected chi connectivity index (χ2v) is 9.35. The average Bonchev–Trinajstić information content (AvgIpc) is 2.95. The molecule has 0 saturated carbocycles. The van der Waals surface area contributed by atoms with Gasteiger partial charge in [-0.25, -0.2) is 9.78 Å². The molecule has 224 valence electrons. The molecule has 4 aromatic rings. The van der Waals surface area contributed by atoms with E-state index in [4.69, 9.17) is 15.2 Å². The molecule has 43 heavy (non-hydrogen) atoms. The highest BCUT2D eigenvalue weighted by atomic mass is 19.4. The van der Waals surface area contributed by atoms with Crippen LogP contribution in [0.25, 0.3) is 10.8 Å². The van der Waals surface area contributed by atoms with Crippen molar-refractivity contribution < 1.29 is 37.0 Å². The first-order valence-corrected chi connectivity index (χ1v) is 13.0. The number of nitrogens with two attached hydrogens (primary N) is 1. The summed E-state index contributed by atoms with van der Waals surface area (Å²) in [7, 11) is 0. The topological polar surface area (TPSA) is 145 Å². The van der Waals surface area contributed by atoms with Gasteiger partial charge in [-0.3, -0.25) is 9.59 Å². The molecule has 2 amide bonds. The lowest BCUT2D eigenvalue weighted by molar-refractivity contribution is -0.213. The Bertz CT molecular complexity index is 1660. The summed E-state index contributed by atoms with van der Waals surface area (Å²) in [5.41, 5.74) is 4.16. The maximum absolute atomic E-state index is 14.0. The molecule has 0 spiro atoms. The van der Waals surface area contributed by atoms with E-state index in [2.05, 4.69) is 20.9 Å². The number of esters is 1. The maximum Gasteiger partial charge on any atom is 0.491 e. The number of carbonyl (C=O) groups is 3. The minimum absolute atomic E-state index is 0.137. The Hall–Kier alpha value is -5.33. The van der Waals surface area contributed by atoms with E-state index in [1.165, 1.54) is 43.5 Å². The Balaban J connectivity index is 1.82. The Labute approximate surface area is 244 Å². The fourth-order valence-corrected chi connectivity index (χ4v) is 4.31. The van der Waals surface area contributed by atoms with Crippen molar-refractivity contribution in [2.24, 2.45) is 0 Å². The van der Waals surface area contributed by atoms with Crippen LogP contribution in [0.3, 0.4) is 0 Å². The Morgan fingerprint density at radius 3 is 2.44 bits per heavy atom. The normalized spacial score (nSPS) is 12.6. The fraction of sp³-hybridized carbons (Fsp3) is 0.200. The zero-order valence-electron chi connectivity index (χ0n) is 23.1. The summed E-state index contributed by atoms with van der Waals surface area (Å²) >= 11 is 0. The highest BCUT2D eigenvalue weighted by Crippen LogP contribution is 2.35. The smallest absolute Gasteiger partial charge is 0.491 e. The van der Waals surface area contributed by atoms with Crippen molar-refractivity contribution >= 4 is 45.7 Å². The van der Waals surface area contributed by atoms with E-state index < -0.39 is 23.8 Å². The van der Waals surface area contributed by atoms with Gasteiger partial charge in [-0.2, -0.15) is 13.2 Å². The van der Waals surface area contributed by atoms with Crippen LogP contribution >= 0.6 is 0 Å². The van der Waals surface area contributed by atoms with Crippen molar-refractivity contribution in [2.45, 2.75) is 32.3 Å². The zero-order valence-corrected chi connectivity index (χ0v) is 23.1. The number of benzene rings is 3. The molecule has 1 atom stereocenters. The van der Waals surface area contributed by atoms with Crippen molar-refractivity contribution in [1.29, 1.82) is 0 Å². The Kier molecular flexibility index (Phi) is 9.03. The molecule has 0 aliphatic carbocycles. The van der Waals surface area contributed by atoms with Crippen molar-refractivity contribution in [3.63, 3.8) is 0 Å². The number of amides is 2. The number of ether oxygens (including phenoxy) is 2. The number of halogens is 3. The van der Waals surface area contributed by atoms with Gasteiger partial charge < -0.3 is 31.2 Å². The summed E-state index contributed by atoms with van der Waals surface area (Å²) in [4.78, 5) is 41.8. The Morgan fingerprint density at radius 2 is 1.72 bits per heavy atom. The molecule has 1 aromatic heterocycles. The Morgan fingerprint density at radius 1 is 0.953 bits per heavy atom. The van der Waals surface area contributed by atoms with E-state index in [-0.39, 0.29) is 41.9 Å². The fourth-order valence-electron chi connectivity index (χ4n) is 4.31. The van der Waals surface area contributed by atoms with Crippen LogP contribution in [-0.4, -0.2) is 35.6 Å². The molecule has 0 saturated heterocycles. The number of hydrogen-bond acceptors (Lipinski definition) is 8. The number of nitrogen functional groups attached to an aromatic ring is 1. The summed E-state index contributed by atoms with van der Waals surface area (Å²) in [6.45, 7) is 3.07. The third kappa shape index (κ3) is 7.31. The van der Waals surface area contributed by atoms with E-state index >= 15 is 0 Å². The molecule has 0 aliphatic rings. The van der Waals surface area contributed by atoms with Gasteiger partial charge in [0, 0.05) is 42.0 Å². The standard InChI is InChI=1S/C30H28F3N5O5/c1-3-42-24-9-5-7-21(16-24)29(43-28(41)30(31,32)33,38-23-10-11-25-20(15-23)12-13-35-26(25)34)27(40)36-17-19-6-4-8-22(14-19)37-18(2)39/h4-16,38H,3,17H2,1-2H3,(H2,34,35)(H,36,40)(H,37,39). The first-order chi connectivity index (χ1) is 20.4. The van der Waals surface area contributed by atoms with Crippen LogP contribution in [0.2, 0.25) is 0 Å². The van der Waals surface area contributed by atoms with Crippen LogP contribution in [0.5, 0.6) is 5.75 Å². The molecule has 1 unspecified atom stereocenters. The van der Waals surface area contributed by atoms with Gasteiger partial charge in [0.15, 0.2) is 0 Å². The van der Waals surface area contributed by atoms with Gasteiger partial charge in [0.25, 0.3) is 11.6 Å². The summed E-state index contributed by atoms with van der Waals surface area (Å²) in [6, 6.07) is 18.3. The summed E-state index contributed by atoms with van der Waals surface area (Å²) in [5, 5.41) is 9.04. The minimum atomic E-state index is -5.43. The second kappa shape index (κ2) is 12.7. The molecule has 0 bridgehead atoms. The number of nitrogens with zero attached hydrogens (tertiary/aromatic N) is 1. The van der Waals surface area contributed by atoms with E-state index in [0.717, 1.165) is 0 Å². The first-order valence-electron chi connectivity index (χ1n) is 13.0. The number of pyridine rings is 1. The molecule has 0 aliphatic heterocycles. The van der Waals surface area contributed by atoms with Gasteiger partial charge in [-0.05, 0) is 66.4 Å². The lowest BCUT2D eigenvalue weighted by atomic mass is 9.99. The number of nitrogens with one attached hydrogen (secondary N) is 3. The SMILES string of the molecule is CCOc1cccc(C(Nc2ccc3c(N)nccc3c2)(OC(=O)C(F)(F)F)C(=O)NCc2cccc(NC(C)=O)c2)c1. The average molecular weight is 596 g/mol. The second-order valence-electron chi connectivity index (χ2n) is 9.35. The largest absolute Gasteiger partial charge is 0.494 e. The van der Waals surface area contributed by atoms with Crippen molar-refractivity contribution in [3.8, 4) is 5.75 Å². The van der Waals surface area contributed by atoms with Gasteiger partial charge in [-0.15, -0.1) is 0 Å². The number of rotatable bonds is 10. The van der Waals surface area contributed by atoms with Crippen molar-refractivity contribution in [1.82, 2.24) is 10.3 Å². The van der Waals surface area contributed by atoms with Crippen LogP contribution < -0.4 is 26.4 Å². The number of aromatic nitrogens is 1. The predicted molar refractivity (Wildman–Crippen MR) is 154 cm³/mol. The molecule has 1 heterocycles. The molecule has 0 radical (unpaired) electrons. The van der Waals surface area contributed by atoms with Gasteiger partial charge in [0.1, 0.15) is 11.6 Å². The summed E-state index contributed by atoms with van der Waals surface area (Å²) in [6.07, 6.45) is -3.98. The zero-order chi connectivity index (χ0) is 31.2. The van der Waals surface area contributed by atoms with Crippen molar-refractivity contribution in [2.75, 3.05) is 23.0 Å². The van der Waals surface area contributed by atoms with Gasteiger partial charge in [0.2, 0.25) is 5.91 Å². The van der Waals surface area contributed by atoms with Crippen LogP contribution in [0.4, 0.5) is 30.4 Å². The van der Waals surface area contributed by atoms with Crippen LogP contribution in [0.1, 0.15) is 25.0 Å². The maximum atomic E-state index is 14.0. The van der Waals surface area contributed by atoms with Crippen molar-refractivity contribution in [3.05, 3.63) is 90.1 Å². The van der Waals surface area contributed by atoms with Crippen LogP contribution in [0.15, 0.2) is 79.0 Å². The van der Waals surface area contributed by atoms with E-state index in [1.54, 1.807) is 49.4 Å². The number of anilines is 3. The van der Waals surface area contributed by atoms with E-state index in [1.807, 2.05) is 0 Å². The van der Waals surface area contributed by atoms with Gasteiger partial charge in [-0.1, -0.05) is 24.3 Å². The van der Waals surface area contributed by atoms with Gasteiger partial charge >= 0.3 is 12.1 Å². The van der Waals surface area contributed by atoms with Crippen LogP contribution in [-0.2, 0) is 31.4 Å². The number of alkyl halides is 3. The number of carbonyl (C=O) groups excluding carboxylic acids is 3. The lowest BCUT2D eigenvalue weighted by Crippen LogP contribution is -2.54. The van der Waals surface area contributed by atoms with Crippen LogP contribution in [0, 0.1) is 0 Å². The third-order valence-corrected chi connectivity index (χ3v) is 6.16. The molecule has 4 rings (SSSR count). The van der Waals surface area contributed by atoms with E-state index in [0.29, 0.717) is 22.0 Å². The monoisotopic (exact) mass is 595 g/mol. The highest BCUT2D eigenvalue weighted by molar-refractivity contribution is 5.96. The molecule has 3 aromatic carbocycles. The summed E-state index contributed by atoms with van der Waals surface area (Å²) in [5.74, 6) is -3.58. The molecule has 10 nitrogen and oxygen atoms in total. The molecule has 13 heteroatoms. The number of hydrogen-bond donors (Lipinski definition) is 4. The van der Waals surface area contributed by atoms with E-state index in [9.17, 15) is 27.6 Å². The third-order valence-electron chi connectivity index (χ3n) is 6.16. The molecular formula is C30H28F3N5O5. The quantitative estimate of drug-likeness (QED) is 0.150. The number of fused-ring (bicyclic) bond motifs is 1.